The second-order valence-corrected chi connectivity index (χ2v) is 5.46. The van der Waals surface area contributed by atoms with E-state index < -0.39 is 0 Å². The van der Waals surface area contributed by atoms with Gasteiger partial charge in [0, 0.05) is 37.6 Å². The highest BCUT2D eigenvalue weighted by Gasteiger charge is 2.17. The first kappa shape index (κ1) is 16.1. The van der Waals surface area contributed by atoms with Gasteiger partial charge in [-0.05, 0) is 37.2 Å². The topological polar surface area (TPSA) is 49.8 Å². The van der Waals surface area contributed by atoms with Crippen molar-refractivity contribution in [1.82, 2.24) is 4.90 Å². The lowest BCUT2D eigenvalue weighted by atomic mass is 10.1. The Bertz CT molecular complexity index is 449. The zero-order valence-electron chi connectivity index (χ0n) is 12.1. The first-order valence-electron chi connectivity index (χ1n) is 7.39. The van der Waals surface area contributed by atoms with E-state index in [0.29, 0.717) is 25.2 Å². The summed E-state index contributed by atoms with van der Waals surface area (Å²) >= 11 is 0. The van der Waals surface area contributed by atoms with Gasteiger partial charge in [0.1, 0.15) is 5.82 Å². The summed E-state index contributed by atoms with van der Waals surface area (Å²) in [5.41, 5.74) is 0.559. The number of Topliss-reactive ketones (excluding diaryl/α,β-unsaturated/α-hetero) is 1. The third kappa shape index (κ3) is 5.19. The molecule has 1 aromatic rings. The minimum atomic E-state index is -0.328. The number of benzene rings is 1. The van der Waals surface area contributed by atoms with Crippen molar-refractivity contribution < 1.29 is 19.0 Å². The molecule has 1 aliphatic heterocycles. The van der Waals surface area contributed by atoms with E-state index in [4.69, 9.17) is 4.74 Å². The van der Waals surface area contributed by atoms with Crippen molar-refractivity contribution in [1.29, 1.82) is 0 Å². The fraction of sp³-hybridized carbons (Fsp3) is 0.562. The van der Waals surface area contributed by atoms with Gasteiger partial charge in [-0.3, -0.25) is 4.79 Å². The first-order valence-corrected chi connectivity index (χ1v) is 7.39. The molecule has 0 radical (unpaired) electrons. The van der Waals surface area contributed by atoms with E-state index in [-0.39, 0.29) is 24.1 Å². The molecule has 0 aromatic heterocycles. The van der Waals surface area contributed by atoms with E-state index in [2.05, 4.69) is 4.90 Å². The molecule has 1 atom stereocenters. The molecule has 1 N–H and O–H groups in total. The van der Waals surface area contributed by atoms with Crippen LogP contribution in [0.3, 0.4) is 0 Å². The molecule has 0 amide bonds. The zero-order chi connectivity index (χ0) is 15.1. The lowest BCUT2D eigenvalue weighted by molar-refractivity contribution is 0.0955. The van der Waals surface area contributed by atoms with Crippen molar-refractivity contribution >= 4 is 5.78 Å². The molecular formula is C16H22FNO3. The van der Waals surface area contributed by atoms with Gasteiger partial charge in [0.05, 0.1) is 13.2 Å². The van der Waals surface area contributed by atoms with E-state index in [9.17, 15) is 14.3 Å². The average Bonchev–Trinajstić information content (AvgIpc) is 2.73. The summed E-state index contributed by atoms with van der Waals surface area (Å²) in [7, 11) is 0. The monoisotopic (exact) mass is 295 g/mol. The molecule has 0 aliphatic carbocycles. The molecule has 1 fully saturated rings. The lowest BCUT2D eigenvalue weighted by Crippen LogP contribution is -2.32. The summed E-state index contributed by atoms with van der Waals surface area (Å²) in [4.78, 5) is 14.2. The van der Waals surface area contributed by atoms with Crippen LogP contribution in [0.15, 0.2) is 24.3 Å². The SMILES string of the molecule is O=C(CCCN1CCOC[C@H](CO)C1)c1ccc(F)cc1. The molecule has 21 heavy (non-hydrogen) atoms. The van der Waals surface area contributed by atoms with Gasteiger partial charge < -0.3 is 14.7 Å². The lowest BCUT2D eigenvalue weighted by Gasteiger charge is -2.21. The number of ether oxygens (including phenoxy) is 1. The Morgan fingerprint density at radius 3 is 2.86 bits per heavy atom. The van der Waals surface area contributed by atoms with Crippen LogP contribution in [-0.4, -0.2) is 55.2 Å². The number of ketones is 1. The quantitative estimate of drug-likeness (QED) is 0.812. The summed E-state index contributed by atoms with van der Waals surface area (Å²) in [5.74, 6) is -0.133. The van der Waals surface area contributed by atoms with Gasteiger partial charge >= 0.3 is 0 Å². The molecule has 1 saturated heterocycles. The second kappa shape index (κ2) is 8.22. The Kier molecular flexibility index (Phi) is 6.29. The van der Waals surface area contributed by atoms with E-state index in [1.165, 1.54) is 24.3 Å². The first-order chi connectivity index (χ1) is 10.2. The van der Waals surface area contributed by atoms with Gasteiger partial charge in [-0.2, -0.15) is 0 Å². The summed E-state index contributed by atoms with van der Waals surface area (Å²) in [6.07, 6.45) is 1.21. The van der Waals surface area contributed by atoms with Crippen LogP contribution in [0.5, 0.6) is 0 Å². The Balaban J connectivity index is 1.75. The van der Waals surface area contributed by atoms with Gasteiger partial charge in [0.25, 0.3) is 0 Å². The van der Waals surface area contributed by atoms with Crippen LogP contribution in [0.25, 0.3) is 0 Å². The number of hydrogen-bond acceptors (Lipinski definition) is 4. The Labute approximate surface area is 124 Å². The molecular weight excluding hydrogens is 273 g/mol. The summed E-state index contributed by atoms with van der Waals surface area (Å²) < 4.78 is 18.2. The van der Waals surface area contributed by atoms with Crippen LogP contribution in [0.4, 0.5) is 4.39 Å². The molecule has 1 aromatic carbocycles. The average molecular weight is 295 g/mol. The number of carbonyl (C=O) groups is 1. The third-order valence-corrected chi connectivity index (χ3v) is 3.72. The number of aliphatic hydroxyl groups is 1. The van der Waals surface area contributed by atoms with Crippen molar-refractivity contribution in [3.05, 3.63) is 35.6 Å². The molecule has 5 heteroatoms. The largest absolute Gasteiger partial charge is 0.396 e. The van der Waals surface area contributed by atoms with E-state index in [1.807, 2.05) is 0 Å². The van der Waals surface area contributed by atoms with Crippen LogP contribution in [0.2, 0.25) is 0 Å². The molecule has 0 unspecified atom stereocenters. The maximum absolute atomic E-state index is 12.8. The fourth-order valence-electron chi connectivity index (χ4n) is 2.51. The minimum Gasteiger partial charge on any atom is -0.396 e. The summed E-state index contributed by atoms with van der Waals surface area (Å²) in [5, 5.41) is 9.23. The molecule has 0 spiro atoms. The predicted octanol–water partition coefficient (Wildman–Crippen LogP) is 1.73. The Hall–Kier alpha value is -1.30. The van der Waals surface area contributed by atoms with Crippen LogP contribution < -0.4 is 0 Å². The molecule has 0 bridgehead atoms. The molecule has 1 heterocycles. The molecule has 0 saturated carbocycles. The number of halogens is 1. The maximum atomic E-state index is 12.8. The highest BCUT2D eigenvalue weighted by Crippen LogP contribution is 2.10. The van der Waals surface area contributed by atoms with E-state index in [1.54, 1.807) is 0 Å². The number of nitrogens with zero attached hydrogens (tertiary/aromatic N) is 1. The Morgan fingerprint density at radius 1 is 1.38 bits per heavy atom. The number of rotatable bonds is 6. The standard InChI is InChI=1S/C16H22FNO3/c17-15-5-3-14(4-6-15)16(20)2-1-7-18-8-9-21-12-13(10-18)11-19/h3-6,13,19H,1-2,7-12H2/t13-/m0/s1. The van der Waals surface area contributed by atoms with Crippen LogP contribution in [0.1, 0.15) is 23.2 Å². The number of aliphatic hydroxyl groups excluding tert-OH is 1. The van der Waals surface area contributed by atoms with Crippen molar-refractivity contribution in [3.63, 3.8) is 0 Å². The second-order valence-electron chi connectivity index (χ2n) is 5.46. The molecule has 4 nitrogen and oxygen atoms in total. The summed E-state index contributed by atoms with van der Waals surface area (Å²) in [6, 6.07) is 5.68. The van der Waals surface area contributed by atoms with Crippen LogP contribution in [-0.2, 0) is 4.74 Å². The van der Waals surface area contributed by atoms with E-state index in [0.717, 1.165) is 26.1 Å². The van der Waals surface area contributed by atoms with Crippen LogP contribution >= 0.6 is 0 Å². The number of hydrogen-bond donors (Lipinski definition) is 1. The third-order valence-electron chi connectivity index (χ3n) is 3.72. The predicted molar refractivity (Wildman–Crippen MR) is 77.8 cm³/mol. The summed E-state index contributed by atoms with van der Waals surface area (Å²) in [6.45, 7) is 3.85. The molecule has 2 rings (SSSR count). The Morgan fingerprint density at radius 2 is 2.14 bits per heavy atom. The normalized spacial score (nSPS) is 20.2. The van der Waals surface area contributed by atoms with Crippen molar-refractivity contribution in [3.8, 4) is 0 Å². The van der Waals surface area contributed by atoms with Gasteiger partial charge in [-0.25, -0.2) is 4.39 Å². The van der Waals surface area contributed by atoms with Crippen LogP contribution in [0, 0.1) is 11.7 Å². The minimum absolute atomic E-state index is 0.0415. The van der Waals surface area contributed by atoms with Gasteiger partial charge in [-0.1, -0.05) is 0 Å². The van der Waals surface area contributed by atoms with Gasteiger partial charge in [-0.15, -0.1) is 0 Å². The fourth-order valence-corrected chi connectivity index (χ4v) is 2.51. The molecule has 116 valence electrons. The van der Waals surface area contributed by atoms with Crippen molar-refractivity contribution in [2.24, 2.45) is 5.92 Å². The van der Waals surface area contributed by atoms with Crippen molar-refractivity contribution in [2.75, 3.05) is 39.5 Å². The van der Waals surface area contributed by atoms with Gasteiger partial charge in [0.2, 0.25) is 0 Å². The van der Waals surface area contributed by atoms with Crippen molar-refractivity contribution in [2.45, 2.75) is 12.8 Å². The smallest absolute Gasteiger partial charge is 0.162 e. The zero-order valence-corrected chi connectivity index (χ0v) is 12.1. The highest BCUT2D eigenvalue weighted by atomic mass is 19.1. The maximum Gasteiger partial charge on any atom is 0.162 e. The van der Waals surface area contributed by atoms with Gasteiger partial charge in [0.15, 0.2) is 5.78 Å². The van der Waals surface area contributed by atoms with E-state index >= 15 is 0 Å². The highest BCUT2D eigenvalue weighted by molar-refractivity contribution is 5.95. The molecule has 1 aliphatic rings. The number of carbonyl (C=O) groups excluding carboxylic acids is 1.